The number of H-pyrrole nitrogens is 1. The first kappa shape index (κ1) is 14.6. The van der Waals surface area contributed by atoms with Crippen LogP contribution in [0.4, 0.5) is 5.69 Å². The molecule has 0 saturated heterocycles. The fraction of sp³-hybridized carbons (Fsp3) is 0.308. The Morgan fingerprint density at radius 1 is 1.48 bits per heavy atom. The fourth-order valence-corrected chi connectivity index (χ4v) is 2.05. The number of pyridine rings is 1. The van der Waals surface area contributed by atoms with Gasteiger partial charge in [-0.2, -0.15) is 5.10 Å². The van der Waals surface area contributed by atoms with Crippen LogP contribution in [-0.4, -0.2) is 26.6 Å². The third-order valence-electron chi connectivity index (χ3n) is 3.20. The second-order valence-corrected chi connectivity index (χ2v) is 4.54. The van der Waals surface area contributed by atoms with Gasteiger partial charge >= 0.3 is 0 Å². The van der Waals surface area contributed by atoms with Gasteiger partial charge in [0.1, 0.15) is 12.3 Å². The van der Waals surface area contributed by atoms with E-state index in [2.05, 4.69) is 15.2 Å². The molecular weight excluding hydrogens is 276 g/mol. The van der Waals surface area contributed by atoms with Crippen molar-refractivity contribution in [3.05, 3.63) is 51.1 Å². The van der Waals surface area contributed by atoms with E-state index in [9.17, 15) is 14.9 Å². The molecule has 0 aliphatic rings. The Balaban J connectivity index is 2.26. The average molecular weight is 290 g/mol. The van der Waals surface area contributed by atoms with Gasteiger partial charge in [0.2, 0.25) is 0 Å². The quantitative estimate of drug-likeness (QED) is 0.493. The molecule has 1 N–H and O–H groups in total. The summed E-state index contributed by atoms with van der Waals surface area (Å²) in [5.41, 5.74) is 2.97. The highest BCUT2D eigenvalue weighted by Crippen LogP contribution is 2.24. The Bertz CT molecular complexity index is 631. The first-order valence-electron chi connectivity index (χ1n) is 6.22. The Kier molecular flexibility index (Phi) is 4.27. The molecule has 1 unspecified atom stereocenters. The van der Waals surface area contributed by atoms with Crippen molar-refractivity contribution in [2.45, 2.75) is 26.4 Å². The largest absolute Gasteiger partial charge is 0.458 e. The van der Waals surface area contributed by atoms with E-state index in [4.69, 9.17) is 4.74 Å². The molecule has 0 aliphatic carbocycles. The molecule has 1 atom stereocenters. The summed E-state index contributed by atoms with van der Waals surface area (Å²) in [6.07, 6.45) is 0.932. The number of hydrogen-bond donors (Lipinski definition) is 1. The van der Waals surface area contributed by atoms with Gasteiger partial charge in [-0.05, 0) is 25.5 Å². The highest BCUT2D eigenvalue weighted by molar-refractivity contribution is 5.39. The minimum Gasteiger partial charge on any atom is -0.458 e. The second kappa shape index (κ2) is 6.12. The van der Waals surface area contributed by atoms with Gasteiger partial charge < -0.3 is 4.74 Å². The van der Waals surface area contributed by atoms with Crippen LogP contribution in [0.25, 0.3) is 0 Å². The van der Waals surface area contributed by atoms with Crippen molar-refractivity contribution in [1.82, 2.24) is 15.2 Å². The number of nitrogens with one attached hydrogen (secondary N) is 1. The Morgan fingerprint density at radius 3 is 2.71 bits per heavy atom. The lowest BCUT2D eigenvalue weighted by molar-refractivity contribution is -0.385. The highest BCUT2D eigenvalue weighted by atomic mass is 16.6. The van der Waals surface area contributed by atoms with Gasteiger partial charge in [-0.1, -0.05) is 0 Å². The van der Waals surface area contributed by atoms with Crippen molar-refractivity contribution in [2.75, 3.05) is 0 Å². The molecule has 0 fully saturated rings. The van der Waals surface area contributed by atoms with Crippen LogP contribution in [0.15, 0.2) is 18.3 Å². The maximum absolute atomic E-state index is 10.7. The lowest BCUT2D eigenvalue weighted by Crippen LogP contribution is -2.10. The molecule has 2 aromatic heterocycles. The molecule has 0 bridgehead atoms. The van der Waals surface area contributed by atoms with E-state index in [0.717, 1.165) is 23.1 Å². The molecule has 2 rings (SSSR count). The molecule has 8 nitrogen and oxygen atoms in total. The summed E-state index contributed by atoms with van der Waals surface area (Å²) in [6.45, 7) is 4.06. The van der Waals surface area contributed by atoms with Crippen LogP contribution in [0.1, 0.15) is 28.7 Å². The molecule has 0 amide bonds. The smallest absolute Gasteiger partial charge is 0.293 e. The topological polar surface area (TPSA) is 111 Å². The van der Waals surface area contributed by atoms with E-state index in [-0.39, 0.29) is 5.69 Å². The number of nitrogens with zero attached hydrogens (tertiary/aromatic N) is 3. The van der Waals surface area contributed by atoms with Crippen LogP contribution in [0, 0.1) is 24.0 Å². The van der Waals surface area contributed by atoms with Crippen LogP contribution < -0.4 is 0 Å². The van der Waals surface area contributed by atoms with Gasteiger partial charge in [0.25, 0.3) is 12.2 Å². The predicted molar refractivity (Wildman–Crippen MR) is 72.5 cm³/mol. The highest BCUT2D eigenvalue weighted by Gasteiger charge is 2.20. The SMILES string of the molecule is Cc1n[nH]c(C)c1CC(OC=O)c1ccc([N+](=O)[O-])cn1. The van der Waals surface area contributed by atoms with Crippen molar-refractivity contribution in [3.8, 4) is 0 Å². The molecule has 0 radical (unpaired) electrons. The molecule has 0 saturated carbocycles. The van der Waals surface area contributed by atoms with Crippen molar-refractivity contribution < 1.29 is 14.5 Å². The summed E-state index contributed by atoms with van der Waals surface area (Å²) in [5, 5.41) is 17.6. The maximum Gasteiger partial charge on any atom is 0.293 e. The lowest BCUT2D eigenvalue weighted by Gasteiger charge is -2.14. The van der Waals surface area contributed by atoms with Gasteiger partial charge in [0.05, 0.1) is 16.3 Å². The van der Waals surface area contributed by atoms with E-state index in [0.29, 0.717) is 18.6 Å². The van der Waals surface area contributed by atoms with Gasteiger partial charge in [-0.3, -0.25) is 25.0 Å². The van der Waals surface area contributed by atoms with Crippen LogP contribution >= 0.6 is 0 Å². The number of hydrogen-bond acceptors (Lipinski definition) is 6. The van der Waals surface area contributed by atoms with E-state index < -0.39 is 11.0 Å². The molecule has 0 aliphatic heterocycles. The van der Waals surface area contributed by atoms with Crippen molar-refractivity contribution in [1.29, 1.82) is 0 Å². The molecule has 0 spiro atoms. The second-order valence-electron chi connectivity index (χ2n) is 4.54. The zero-order chi connectivity index (χ0) is 15.4. The summed E-state index contributed by atoms with van der Waals surface area (Å²) < 4.78 is 5.06. The summed E-state index contributed by atoms with van der Waals surface area (Å²) in [4.78, 5) is 24.8. The normalized spacial score (nSPS) is 11.9. The number of aryl methyl sites for hydroxylation is 2. The number of aromatic amines is 1. The molecule has 2 aromatic rings. The first-order valence-corrected chi connectivity index (χ1v) is 6.22. The summed E-state index contributed by atoms with van der Waals surface area (Å²) in [7, 11) is 0. The van der Waals surface area contributed by atoms with Crippen LogP contribution in [0.3, 0.4) is 0 Å². The van der Waals surface area contributed by atoms with Crippen molar-refractivity contribution >= 4 is 12.2 Å². The molecule has 2 heterocycles. The Labute approximate surface area is 120 Å². The van der Waals surface area contributed by atoms with Crippen molar-refractivity contribution in [2.24, 2.45) is 0 Å². The minimum absolute atomic E-state index is 0.112. The number of carbonyl (C=O) groups excluding carboxylic acids is 1. The molecule has 8 heteroatoms. The number of aromatic nitrogens is 3. The first-order chi connectivity index (χ1) is 10.0. The third-order valence-corrected chi connectivity index (χ3v) is 3.20. The molecule has 21 heavy (non-hydrogen) atoms. The van der Waals surface area contributed by atoms with Gasteiger partial charge in [-0.25, -0.2) is 0 Å². The summed E-state index contributed by atoms with van der Waals surface area (Å²) >= 11 is 0. The minimum atomic E-state index is -0.613. The maximum atomic E-state index is 10.7. The van der Waals surface area contributed by atoms with Gasteiger partial charge in [0.15, 0.2) is 0 Å². The number of ether oxygens (including phenoxy) is 1. The number of nitro groups is 1. The fourth-order valence-electron chi connectivity index (χ4n) is 2.05. The van der Waals surface area contributed by atoms with E-state index in [1.54, 1.807) is 0 Å². The van der Waals surface area contributed by atoms with Crippen LogP contribution in [0.2, 0.25) is 0 Å². The van der Waals surface area contributed by atoms with Gasteiger partial charge in [0, 0.05) is 18.2 Å². The van der Waals surface area contributed by atoms with Crippen LogP contribution in [0.5, 0.6) is 0 Å². The Morgan fingerprint density at radius 2 is 2.24 bits per heavy atom. The Hall–Kier alpha value is -2.77. The monoisotopic (exact) mass is 290 g/mol. The zero-order valence-corrected chi connectivity index (χ0v) is 11.6. The number of rotatable bonds is 6. The van der Waals surface area contributed by atoms with Gasteiger partial charge in [-0.15, -0.1) is 0 Å². The van der Waals surface area contributed by atoms with E-state index >= 15 is 0 Å². The average Bonchev–Trinajstić information content (AvgIpc) is 2.78. The van der Waals surface area contributed by atoms with E-state index in [1.165, 1.54) is 12.1 Å². The zero-order valence-electron chi connectivity index (χ0n) is 11.6. The lowest BCUT2D eigenvalue weighted by atomic mass is 10.0. The molecule has 110 valence electrons. The summed E-state index contributed by atoms with van der Waals surface area (Å²) in [6, 6.07) is 2.82. The number of carbonyl (C=O) groups is 1. The standard InChI is InChI=1S/C13H14N4O4/c1-8-11(9(2)16-15-8)5-13(21-7-18)12-4-3-10(6-14-12)17(19)20/h3-4,6-7,13H,5H2,1-2H3,(H,15,16). The predicted octanol–water partition coefficient (Wildman–Crippen LogP) is 1.79. The summed E-state index contributed by atoms with van der Waals surface area (Å²) in [5.74, 6) is 0. The molecule has 0 aromatic carbocycles. The molecular formula is C13H14N4O4. The van der Waals surface area contributed by atoms with E-state index in [1.807, 2.05) is 13.8 Å². The van der Waals surface area contributed by atoms with Crippen LogP contribution in [-0.2, 0) is 16.0 Å². The van der Waals surface area contributed by atoms with Crippen molar-refractivity contribution in [3.63, 3.8) is 0 Å². The third kappa shape index (κ3) is 3.22.